The third-order valence-corrected chi connectivity index (χ3v) is 2.60. The molecule has 0 aliphatic heterocycles. The van der Waals surface area contributed by atoms with Crippen LogP contribution in [0.5, 0.6) is 0 Å². The van der Waals surface area contributed by atoms with Gasteiger partial charge in [0.25, 0.3) is 0 Å². The minimum Gasteiger partial charge on any atom is -0.313 e. The number of hydrogen-bond acceptors (Lipinski definition) is 1. The van der Waals surface area contributed by atoms with Crippen molar-refractivity contribution >= 4 is 17.7 Å². The molecule has 1 nitrogen and oxygen atoms in total. The number of nitrogens with one attached hydrogen (secondary N) is 1. The van der Waals surface area contributed by atoms with Gasteiger partial charge in [0.05, 0.1) is 0 Å². The number of halogens is 1. The Kier molecular flexibility index (Phi) is 5.44. The second-order valence-corrected chi connectivity index (χ2v) is 4.02. The molecule has 1 rings (SSSR count). The highest BCUT2D eigenvalue weighted by Crippen LogP contribution is 2.17. The van der Waals surface area contributed by atoms with Gasteiger partial charge >= 0.3 is 0 Å². The average molecular weight is 224 g/mol. The Labute approximate surface area is 97.1 Å². The second-order valence-electron chi connectivity index (χ2n) is 3.62. The summed E-state index contributed by atoms with van der Waals surface area (Å²) in [7, 11) is 0. The van der Waals surface area contributed by atoms with Crippen LogP contribution in [-0.2, 0) is 0 Å². The summed E-state index contributed by atoms with van der Waals surface area (Å²) >= 11 is 6.03. The number of benzene rings is 1. The van der Waals surface area contributed by atoms with Crippen molar-refractivity contribution in [2.45, 2.75) is 20.3 Å². The summed E-state index contributed by atoms with van der Waals surface area (Å²) in [4.78, 5) is 0. The largest absolute Gasteiger partial charge is 0.313 e. The first-order chi connectivity index (χ1) is 7.24. The Morgan fingerprint density at radius 1 is 1.40 bits per heavy atom. The number of rotatable bonds is 5. The lowest BCUT2D eigenvalue weighted by atomic mass is 10.1. The van der Waals surface area contributed by atoms with E-state index in [4.69, 9.17) is 11.6 Å². The molecule has 0 spiro atoms. The van der Waals surface area contributed by atoms with E-state index >= 15 is 0 Å². The maximum atomic E-state index is 6.03. The molecular formula is C13H18ClN. The van der Waals surface area contributed by atoms with E-state index in [0.29, 0.717) is 0 Å². The Morgan fingerprint density at radius 2 is 2.20 bits per heavy atom. The first-order valence-electron chi connectivity index (χ1n) is 5.37. The first-order valence-corrected chi connectivity index (χ1v) is 5.75. The molecule has 1 aromatic rings. The van der Waals surface area contributed by atoms with Crippen LogP contribution in [0.2, 0.25) is 5.02 Å². The SMILES string of the molecule is CCCNC/C=C/c1ccc(C)c(Cl)c1. The van der Waals surface area contributed by atoms with E-state index in [1.54, 1.807) is 0 Å². The zero-order valence-corrected chi connectivity index (χ0v) is 10.1. The molecule has 15 heavy (non-hydrogen) atoms. The van der Waals surface area contributed by atoms with Crippen molar-refractivity contribution in [2.75, 3.05) is 13.1 Å². The van der Waals surface area contributed by atoms with Gasteiger partial charge in [0.1, 0.15) is 0 Å². The average Bonchev–Trinajstić information content (AvgIpc) is 2.23. The van der Waals surface area contributed by atoms with Crippen molar-refractivity contribution < 1.29 is 0 Å². The molecule has 1 aromatic carbocycles. The normalized spacial score (nSPS) is 11.1. The van der Waals surface area contributed by atoms with Crippen LogP contribution in [0.15, 0.2) is 24.3 Å². The van der Waals surface area contributed by atoms with E-state index in [1.165, 1.54) is 6.42 Å². The summed E-state index contributed by atoms with van der Waals surface area (Å²) in [5.41, 5.74) is 2.28. The molecule has 0 saturated carbocycles. The molecule has 0 amide bonds. The number of aryl methyl sites for hydroxylation is 1. The number of hydrogen-bond donors (Lipinski definition) is 1. The van der Waals surface area contributed by atoms with E-state index in [0.717, 1.165) is 29.2 Å². The van der Waals surface area contributed by atoms with Crippen LogP contribution in [0.1, 0.15) is 24.5 Å². The van der Waals surface area contributed by atoms with Crippen molar-refractivity contribution in [1.82, 2.24) is 5.32 Å². The lowest BCUT2D eigenvalue weighted by Gasteiger charge is -1.99. The summed E-state index contributed by atoms with van der Waals surface area (Å²) in [5.74, 6) is 0. The molecule has 0 aromatic heterocycles. The topological polar surface area (TPSA) is 12.0 Å². The minimum absolute atomic E-state index is 0.832. The lowest BCUT2D eigenvalue weighted by molar-refractivity contribution is 0.730. The fraction of sp³-hybridized carbons (Fsp3) is 0.385. The third kappa shape index (κ3) is 4.50. The van der Waals surface area contributed by atoms with Gasteiger partial charge < -0.3 is 5.32 Å². The van der Waals surface area contributed by atoms with Crippen LogP contribution in [-0.4, -0.2) is 13.1 Å². The van der Waals surface area contributed by atoms with Gasteiger partial charge in [-0.15, -0.1) is 0 Å². The van der Waals surface area contributed by atoms with Gasteiger partial charge in [-0.2, -0.15) is 0 Å². The molecule has 0 heterocycles. The summed E-state index contributed by atoms with van der Waals surface area (Å²) in [6.45, 7) is 6.16. The van der Waals surface area contributed by atoms with Crippen LogP contribution < -0.4 is 5.32 Å². The lowest BCUT2D eigenvalue weighted by Crippen LogP contribution is -2.13. The van der Waals surface area contributed by atoms with Gasteiger partial charge in [0, 0.05) is 11.6 Å². The van der Waals surface area contributed by atoms with Gasteiger partial charge in [-0.25, -0.2) is 0 Å². The highest BCUT2D eigenvalue weighted by atomic mass is 35.5. The zero-order chi connectivity index (χ0) is 11.1. The molecule has 1 N–H and O–H groups in total. The molecule has 0 saturated heterocycles. The van der Waals surface area contributed by atoms with Gasteiger partial charge in [-0.3, -0.25) is 0 Å². The molecule has 0 aliphatic rings. The van der Waals surface area contributed by atoms with Crippen molar-refractivity contribution in [3.05, 3.63) is 40.4 Å². The maximum absolute atomic E-state index is 6.03. The molecule has 0 fully saturated rings. The highest BCUT2D eigenvalue weighted by Gasteiger charge is 1.94. The summed E-state index contributed by atoms with van der Waals surface area (Å²) in [6.07, 6.45) is 5.38. The van der Waals surface area contributed by atoms with Gasteiger partial charge in [0.15, 0.2) is 0 Å². The quantitative estimate of drug-likeness (QED) is 0.752. The maximum Gasteiger partial charge on any atom is 0.0441 e. The van der Waals surface area contributed by atoms with Crippen molar-refractivity contribution in [2.24, 2.45) is 0 Å². The van der Waals surface area contributed by atoms with E-state index < -0.39 is 0 Å². The zero-order valence-electron chi connectivity index (χ0n) is 9.39. The second kappa shape index (κ2) is 6.65. The van der Waals surface area contributed by atoms with Gasteiger partial charge in [0.2, 0.25) is 0 Å². The van der Waals surface area contributed by atoms with Gasteiger partial charge in [-0.05, 0) is 37.1 Å². The Hall–Kier alpha value is -0.790. The van der Waals surface area contributed by atoms with E-state index in [1.807, 2.05) is 19.1 Å². The molecule has 82 valence electrons. The summed E-state index contributed by atoms with van der Waals surface area (Å²) < 4.78 is 0. The minimum atomic E-state index is 0.832. The van der Waals surface area contributed by atoms with Crippen LogP contribution in [0.3, 0.4) is 0 Å². The van der Waals surface area contributed by atoms with Gasteiger partial charge in [-0.1, -0.05) is 42.8 Å². The fourth-order valence-electron chi connectivity index (χ4n) is 1.27. The highest BCUT2D eigenvalue weighted by molar-refractivity contribution is 6.31. The summed E-state index contributed by atoms with van der Waals surface area (Å²) in [5, 5.41) is 4.14. The Morgan fingerprint density at radius 3 is 2.87 bits per heavy atom. The third-order valence-electron chi connectivity index (χ3n) is 2.20. The monoisotopic (exact) mass is 223 g/mol. The van der Waals surface area contributed by atoms with E-state index in [2.05, 4.69) is 30.5 Å². The van der Waals surface area contributed by atoms with Crippen molar-refractivity contribution in [1.29, 1.82) is 0 Å². The predicted octanol–water partition coefficient (Wildman–Crippen LogP) is 3.66. The molecule has 0 bridgehead atoms. The Balaban J connectivity index is 2.46. The van der Waals surface area contributed by atoms with Crippen LogP contribution in [0, 0.1) is 6.92 Å². The predicted molar refractivity (Wildman–Crippen MR) is 68.4 cm³/mol. The molecule has 0 radical (unpaired) electrons. The smallest absolute Gasteiger partial charge is 0.0441 e. The summed E-state index contributed by atoms with van der Waals surface area (Å²) in [6, 6.07) is 6.12. The molecular weight excluding hydrogens is 206 g/mol. The van der Waals surface area contributed by atoms with E-state index in [-0.39, 0.29) is 0 Å². The standard InChI is InChI=1S/C13H18ClN/c1-3-8-15-9-4-5-12-7-6-11(2)13(14)10-12/h4-7,10,15H,3,8-9H2,1-2H3/b5-4+. The molecule has 0 aliphatic carbocycles. The van der Waals surface area contributed by atoms with Crippen LogP contribution in [0.25, 0.3) is 6.08 Å². The first kappa shape index (κ1) is 12.3. The molecule has 2 heteroatoms. The molecule has 0 atom stereocenters. The van der Waals surface area contributed by atoms with Crippen LogP contribution in [0.4, 0.5) is 0 Å². The fourth-order valence-corrected chi connectivity index (χ4v) is 1.46. The van der Waals surface area contributed by atoms with E-state index in [9.17, 15) is 0 Å². The molecule has 0 unspecified atom stereocenters. The van der Waals surface area contributed by atoms with Crippen molar-refractivity contribution in [3.8, 4) is 0 Å². The van der Waals surface area contributed by atoms with Crippen molar-refractivity contribution in [3.63, 3.8) is 0 Å². The van der Waals surface area contributed by atoms with Crippen LogP contribution >= 0.6 is 11.6 Å². The Bertz CT molecular complexity index is 331.